The van der Waals surface area contributed by atoms with E-state index in [2.05, 4.69) is 29.1 Å². The van der Waals surface area contributed by atoms with Crippen molar-refractivity contribution in [2.75, 3.05) is 19.7 Å². The van der Waals surface area contributed by atoms with Crippen molar-refractivity contribution in [2.24, 2.45) is 0 Å². The van der Waals surface area contributed by atoms with Crippen LogP contribution in [0.15, 0.2) is 48.5 Å². The van der Waals surface area contributed by atoms with Gasteiger partial charge in [0.05, 0.1) is 13.0 Å². The summed E-state index contributed by atoms with van der Waals surface area (Å²) in [6.45, 7) is 3.40. The van der Waals surface area contributed by atoms with Crippen LogP contribution in [0.4, 0.5) is 13.2 Å². The van der Waals surface area contributed by atoms with Crippen LogP contribution in [0.1, 0.15) is 29.5 Å². The number of carbonyl (C=O) groups excluding carboxylic acids is 2. The van der Waals surface area contributed by atoms with Crippen molar-refractivity contribution >= 4 is 11.9 Å². The molecule has 1 N–H and O–H groups in total. The van der Waals surface area contributed by atoms with E-state index in [0.717, 1.165) is 30.6 Å². The highest BCUT2D eigenvalue weighted by atomic mass is 19.4. The van der Waals surface area contributed by atoms with Crippen LogP contribution in [0.5, 0.6) is 5.75 Å². The fraction of sp³-hybridized carbons (Fsp3) is 0.391. The van der Waals surface area contributed by atoms with Gasteiger partial charge >= 0.3 is 18.1 Å². The van der Waals surface area contributed by atoms with Crippen LogP contribution in [0.3, 0.4) is 0 Å². The molecule has 0 saturated heterocycles. The Morgan fingerprint density at radius 3 is 2.35 bits per heavy atom. The van der Waals surface area contributed by atoms with Gasteiger partial charge in [-0.05, 0) is 55.1 Å². The van der Waals surface area contributed by atoms with E-state index in [1.54, 1.807) is 0 Å². The highest BCUT2D eigenvalue weighted by Crippen LogP contribution is 2.17. The molecule has 0 heterocycles. The van der Waals surface area contributed by atoms with Crippen molar-refractivity contribution in [1.82, 2.24) is 5.32 Å². The molecule has 0 unspecified atom stereocenters. The van der Waals surface area contributed by atoms with Crippen LogP contribution in [-0.4, -0.2) is 37.8 Å². The standard InChI is InChI=1S/C23H26F3NO4/c1-17-5-2-3-7-19(17)13-16-30-20-10-8-18(9-11-20)6-4-14-27-15-12-21(28)31-22(29)23(24,25)26/h2-3,5,7-11,27H,4,6,12-16H2,1H3. The van der Waals surface area contributed by atoms with Gasteiger partial charge in [0.1, 0.15) is 5.75 Å². The van der Waals surface area contributed by atoms with Crippen molar-refractivity contribution in [1.29, 1.82) is 0 Å². The summed E-state index contributed by atoms with van der Waals surface area (Å²) in [6, 6.07) is 16.0. The number of rotatable bonds is 11. The molecule has 0 radical (unpaired) electrons. The first-order chi connectivity index (χ1) is 14.8. The van der Waals surface area contributed by atoms with E-state index in [-0.39, 0.29) is 13.0 Å². The van der Waals surface area contributed by atoms with E-state index < -0.39 is 18.1 Å². The maximum atomic E-state index is 12.0. The predicted octanol–water partition coefficient (Wildman–Crippen LogP) is 4.16. The first-order valence-electron chi connectivity index (χ1n) is 10.0. The minimum atomic E-state index is -5.16. The number of nitrogens with one attached hydrogen (secondary N) is 1. The van der Waals surface area contributed by atoms with Crippen LogP contribution >= 0.6 is 0 Å². The lowest BCUT2D eigenvalue weighted by Gasteiger charge is -2.09. The normalized spacial score (nSPS) is 11.2. The Bertz CT molecular complexity index is 851. The van der Waals surface area contributed by atoms with Crippen LogP contribution in [0.2, 0.25) is 0 Å². The van der Waals surface area contributed by atoms with E-state index in [4.69, 9.17) is 4.74 Å². The highest BCUT2D eigenvalue weighted by Gasteiger charge is 2.42. The van der Waals surface area contributed by atoms with Crippen molar-refractivity contribution in [3.05, 3.63) is 65.2 Å². The number of carbonyl (C=O) groups is 2. The summed E-state index contributed by atoms with van der Waals surface area (Å²) in [4.78, 5) is 21.7. The van der Waals surface area contributed by atoms with Gasteiger partial charge < -0.3 is 14.8 Å². The number of benzene rings is 2. The molecule has 0 saturated carbocycles. The van der Waals surface area contributed by atoms with E-state index in [0.29, 0.717) is 13.2 Å². The van der Waals surface area contributed by atoms with Crippen molar-refractivity contribution in [2.45, 2.75) is 38.8 Å². The summed E-state index contributed by atoms with van der Waals surface area (Å²) >= 11 is 0. The summed E-state index contributed by atoms with van der Waals surface area (Å²) < 4.78 is 45.4. The summed E-state index contributed by atoms with van der Waals surface area (Å²) in [5.41, 5.74) is 3.65. The summed E-state index contributed by atoms with van der Waals surface area (Å²) in [5.74, 6) is -2.88. The smallest absolute Gasteiger partial charge is 0.491 e. The van der Waals surface area contributed by atoms with E-state index in [9.17, 15) is 22.8 Å². The van der Waals surface area contributed by atoms with Crippen LogP contribution in [0.25, 0.3) is 0 Å². The second-order valence-corrected chi connectivity index (χ2v) is 7.03. The van der Waals surface area contributed by atoms with Crippen LogP contribution < -0.4 is 10.1 Å². The number of hydrogen-bond donors (Lipinski definition) is 1. The molecule has 8 heteroatoms. The van der Waals surface area contributed by atoms with Gasteiger partial charge in [-0.1, -0.05) is 36.4 Å². The van der Waals surface area contributed by atoms with Gasteiger partial charge in [0, 0.05) is 13.0 Å². The van der Waals surface area contributed by atoms with Gasteiger partial charge in [-0.2, -0.15) is 13.2 Å². The molecule has 0 atom stereocenters. The maximum absolute atomic E-state index is 12.0. The molecule has 0 aliphatic rings. The fourth-order valence-electron chi connectivity index (χ4n) is 2.87. The number of esters is 2. The zero-order valence-corrected chi connectivity index (χ0v) is 17.3. The van der Waals surface area contributed by atoms with Crippen molar-refractivity contribution in [3.8, 4) is 5.75 Å². The molecule has 0 aliphatic carbocycles. The summed E-state index contributed by atoms with van der Waals surface area (Å²) in [7, 11) is 0. The van der Waals surface area contributed by atoms with E-state index >= 15 is 0 Å². The minimum absolute atomic E-state index is 0.137. The molecule has 2 rings (SSSR count). The number of alkyl halides is 3. The van der Waals surface area contributed by atoms with Gasteiger partial charge in [0.25, 0.3) is 0 Å². The molecule has 31 heavy (non-hydrogen) atoms. The minimum Gasteiger partial charge on any atom is -0.493 e. The summed E-state index contributed by atoms with van der Waals surface area (Å²) in [6.07, 6.45) is -3.05. The molecular formula is C23H26F3NO4. The molecule has 0 aromatic heterocycles. The second-order valence-electron chi connectivity index (χ2n) is 7.03. The van der Waals surface area contributed by atoms with Gasteiger partial charge in [-0.3, -0.25) is 4.79 Å². The Labute approximate surface area is 179 Å². The molecule has 0 aliphatic heterocycles. The first-order valence-corrected chi connectivity index (χ1v) is 10.0. The third-order valence-electron chi connectivity index (χ3n) is 4.59. The zero-order valence-electron chi connectivity index (χ0n) is 17.3. The predicted molar refractivity (Wildman–Crippen MR) is 110 cm³/mol. The summed E-state index contributed by atoms with van der Waals surface area (Å²) in [5, 5.41) is 2.94. The van der Waals surface area contributed by atoms with Gasteiger partial charge in [0.2, 0.25) is 0 Å². The highest BCUT2D eigenvalue weighted by molar-refractivity contribution is 5.88. The Morgan fingerprint density at radius 1 is 0.968 bits per heavy atom. The van der Waals surface area contributed by atoms with Crippen LogP contribution in [-0.2, 0) is 27.2 Å². The monoisotopic (exact) mass is 437 g/mol. The molecule has 5 nitrogen and oxygen atoms in total. The van der Waals surface area contributed by atoms with Crippen molar-refractivity contribution < 1.29 is 32.2 Å². The third kappa shape index (κ3) is 9.21. The largest absolute Gasteiger partial charge is 0.493 e. The van der Waals surface area contributed by atoms with Gasteiger partial charge in [-0.15, -0.1) is 0 Å². The molecule has 0 bridgehead atoms. The fourth-order valence-corrected chi connectivity index (χ4v) is 2.87. The average Bonchev–Trinajstić information content (AvgIpc) is 2.72. The SMILES string of the molecule is Cc1ccccc1CCOc1ccc(CCCNCCC(=O)OC(=O)C(F)(F)F)cc1. The lowest BCUT2D eigenvalue weighted by molar-refractivity contribution is -0.201. The van der Waals surface area contributed by atoms with E-state index in [1.165, 1.54) is 11.1 Å². The lowest BCUT2D eigenvalue weighted by atomic mass is 10.1. The molecule has 2 aromatic rings. The Morgan fingerprint density at radius 2 is 1.68 bits per heavy atom. The number of aryl methyl sites for hydroxylation is 2. The zero-order chi connectivity index (χ0) is 22.7. The van der Waals surface area contributed by atoms with Crippen molar-refractivity contribution in [3.63, 3.8) is 0 Å². The Balaban J connectivity index is 1.57. The van der Waals surface area contributed by atoms with Gasteiger partial charge in [-0.25, -0.2) is 4.79 Å². The number of hydrogen-bond acceptors (Lipinski definition) is 5. The second kappa shape index (κ2) is 12.1. The quantitative estimate of drug-likeness (QED) is 0.325. The number of ether oxygens (including phenoxy) is 2. The topological polar surface area (TPSA) is 64.6 Å². The molecule has 0 fully saturated rings. The van der Waals surface area contributed by atoms with Gasteiger partial charge in [0.15, 0.2) is 0 Å². The Hall–Kier alpha value is -2.87. The molecule has 2 aromatic carbocycles. The lowest BCUT2D eigenvalue weighted by Crippen LogP contribution is -2.29. The Kier molecular flexibility index (Phi) is 9.52. The van der Waals surface area contributed by atoms with Crippen LogP contribution in [0, 0.1) is 6.92 Å². The van der Waals surface area contributed by atoms with E-state index in [1.807, 2.05) is 36.4 Å². The first kappa shape index (κ1) is 24.4. The molecule has 168 valence electrons. The number of halogens is 3. The average molecular weight is 437 g/mol. The third-order valence-corrected chi connectivity index (χ3v) is 4.59. The maximum Gasteiger partial charge on any atom is 0.491 e. The molecule has 0 spiro atoms. The molecule has 0 amide bonds. The molecular weight excluding hydrogens is 411 g/mol.